The lowest BCUT2D eigenvalue weighted by molar-refractivity contribution is -0.121. The number of carbonyl (C=O) groups excluding carboxylic acids is 2. The summed E-state index contributed by atoms with van der Waals surface area (Å²) in [6.07, 6.45) is 0.136. The van der Waals surface area contributed by atoms with Gasteiger partial charge in [0.15, 0.2) is 5.16 Å². The Balaban J connectivity index is 1.62. The van der Waals surface area contributed by atoms with Gasteiger partial charge < -0.3 is 4.74 Å². The van der Waals surface area contributed by atoms with Crippen LogP contribution in [0, 0.1) is 10.5 Å². The molecule has 2 aromatic carbocycles. The predicted molar refractivity (Wildman–Crippen MR) is 117 cm³/mol. The van der Waals surface area contributed by atoms with Crippen LogP contribution in [0.2, 0.25) is 0 Å². The lowest BCUT2D eigenvalue weighted by Crippen LogP contribution is -2.31. The van der Waals surface area contributed by atoms with E-state index in [0.717, 1.165) is 25.9 Å². The Morgan fingerprint density at radius 1 is 1.18 bits per heavy atom. The van der Waals surface area contributed by atoms with E-state index in [9.17, 15) is 9.59 Å². The van der Waals surface area contributed by atoms with Gasteiger partial charge >= 0.3 is 0 Å². The van der Waals surface area contributed by atoms with Gasteiger partial charge in [-0.05, 0) is 59.8 Å². The fourth-order valence-electron chi connectivity index (χ4n) is 3.12. The number of benzene rings is 2. The number of aromatic nitrogens is 2. The zero-order valence-corrected chi connectivity index (χ0v) is 18.2. The SMILES string of the molecule is COc1ccc2nc(S[C@H]3CC(=O)N(c4ccccc4I)C3=O)nc(C)c2c1. The molecule has 8 heteroatoms. The van der Waals surface area contributed by atoms with Gasteiger partial charge in [-0.2, -0.15) is 0 Å². The normalized spacial score (nSPS) is 16.8. The van der Waals surface area contributed by atoms with E-state index in [1.807, 2.05) is 43.3 Å². The minimum absolute atomic E-state index is 0.136. The highest BCUT2D eigenvalue weighted by molar-refractivity contribution is 14.1. The number of imide groups is 1. The molecule has 0 bridgehead atoms. The molecule has 0 radical (unpaired) electrons. The molecule has 3 aromatic rings. The molecule has 6 nitrogen and oxygen atoms in total. The van der Waals surface area contributed by atoms with Gasteiger partial charge in [0.05, 0.1) is 18.3 Å². The third kappa shape index (κ3) is 3.46. The zero-order chi connectivity index (χ0) is 19.8. The van der Waals surface area contributed by atoms with Crippen LogP contribution in [0.25, 0.3) is 10.9 Å². The molecule has 0 unspecified atom stereocenters. The summed E-state index contributed by atoms with van der Waals surface area (Å²) < 4.78 is 6.12. The maximum absolute atomic E-state index is 12.9. The molecule has 1 fully saturated rings. The summed E-state index contributed by atoms with van der Waals surface area (Å²) in [5, 5.41) is 0.863. The van der Waals surface area contributed by atoms with Gasteiger partial charge in [0.1, 0.15) is 11.0 Å². The van der Waals surface area contributed by atoms with Crippen LogP contribution in [-0.2, 0) is 9.59 Å². The van der Waals surface area contributed by atoms with Gasteiger partial charge in [-0.3, -0.25) is 9.59 Å². The first-order valence-corrected chi connectivity index (χ1v) is 10.5. The topological polar surface area (TPSA) is 72.4 Å². The second kappa shape index (κ2) is 7.67. The lowest BCUT2D eigenvalue weighted by Gasteiger charge is -2.16. The summed E-state index contributed by atoms with van der Waals surface area (Å²) in [5.74, 6) is 0.313. The fraction of sp³-hybridized carbons (Fsp3) is 0.200. The largest absolute Gasteiger partial charge is 0.497 e. The van der Waals surface area contributed by atoms with E-state index in [2.05, 4.69) is 32.6 Å². The van der Waals surface area contributed by atoms with Crippen molar-refractivity contribution in [1.29, 1.82) is 0 Å². The standard InChI is InChI=1S/C20H16IN3O3S/c1-11-13-9-12(27-2)7-8-15(13)23-20(22-11)28-17-10-18(25)24(19(17)26)16-6-4-3-5-14(16)21/h3-9,17H,10H2,1-2H3/t17-/m0/s1. The zero-order valence-electron chi connectivity index (χ0n) is 15.2. The Bertz CT molecular complexity index is 1110. The molecular formula is C20H16IN3O3S. The number of fused-ring (bicyclic) bond motifs is 1. The molecule has 0 saturated carbocycles. The van der Waals surface area contributed by atoms with Gasteiger partial charge in [-0.1, -0.05) is 23.9 Å². The molecule has 28 heavy (non-hydrogen) atoms. The van der Waals surface area contributed by atoms with Gasteiger partial charge in [0.2, 0.25) is 11.8 Å². The molecule has 1 aromatic heterocycles. The van der Waals surface area contributed by atoms with Crippen LogP contribution >= 0.6 is 34.4 Å². The van der Waals surface area contributed by atoms with Crippen molar-refractivity contribution in [2.75, 3.05) is 12.0 Å². The molecule has 1 atom stereocenters. The molecule has 4 rings (SSSR count). The van der Waals surface area contributed by atoms with Gasteiger partial charge in [0.25, 0.3) is 0 Å². The number of hydrogen-bond donors (Lipinski definition) is 0. The molecule has 1 saturated heterocycles. The van der Waals surface area contributed by atoms with Crippen LogP contribution in [0.3, 0.4) is 0 Å². The number of hydrogen-bond acceptors (Lipinski definition) is 6. The molecule has 1 aliphatic heterocycles. The number of nitrogens with zero attached hydrogens (tertiary/aromatic N) is 3. The van der Waals surface area contributed by atoms with Crippen LogP contribution in [-0.4, -0.2) is 34.1 Å². The highest BCUT2D eigenvalue weighted by Crippen LogP contribution is 2.35. The number of rotatable bonds is 4. The van der Waals surface area contributed by atoms with Crippen LogP contribution in [0.4, 0.5) is 5.69 Å². The summed E-state index contributed by atoms with van der Waals surface area (Å²) >= 11 is 3.37. The average Bonchev–Trinajstić information content (AvgIpc) is 2.95. The summed E-state index contributed by atoms with van der Waals surface area (Å²) in [4.78, 5) is 35.8. The van der Waals surface area contributed by atoms with E-state index < -0.39 is 5.25 Å². The highest BCUT2D eigenvalue weighted by Gasteiger charge is 2.41. The van der Waals surface area contributed by atoms with E-state index in [1.165, 1.54) is 16.7 Å². The van der Waals surface area contributed by atoms with E-state index in [0.29, 0.717) is 10.8 Å². The Kier molecular flexibility index (Phi) is 5.24. The molecule has 0 N–H and O–H groups in total. The van der Waals surface area contributed by atoms with E-state index in [1.54, 1.807) is 13.2 Å². The van der Waals surface area contributed by atoms with Crippen LogP contribution in [0.1, 0.15) is 12.1 Å². The van der Waals surface area contributed by atoms with E-state index in [-0.39, 0.29) is 18.2 Å². The third-order valence-electron chi connectivity index (χ3n) is 4.52. The second-order valence-corrected chi connectivity index (χ2v) is 8.64. The van der Waals surface area contributed by atoms with Crippen molar-refractivity contribution in [2.45, 2.75) is 23.8 Å². The van der Waals surface area contributed by atoms with Crippen molar-refractivity contribution in [3.05, 3.63) is 51.7 Å². The Hall–Kier alpha value is -2.20. The molecule has 1 aliphatic rings. The smallest absolute Gasteiger partial charge is 0.247 e. The number of methoxy groups -OCH3 is 1. The van der Waals surface area contributed by atoms with Crippen molar-refractivity contribution in [2.24, 2.45) is 0 Å². The number of anilines is 1. The van der Waals surface area contributed by atoms with Gasteiger partial charge in [-0.15, -0.1) is 0 Å². The van der Waals surface area contributed by atoms with E-state index in [4.69, 9.17) is 4.74 Å². The molecular weight excluding hydrogens is 489 g/mol. The number of aryl methyl sites for hydroxylation is 1. The van der Waals surface area contributed by atoms with Crippen LogP contribution in [0.5, 0.6) is 5.75 Å². The van der Waals surface area contributed by atoms with Crippen molar-refractivity contribution >= 4 is 62.8 Å². The number of ether oxygens (including phenoxy) is 1. The Morgan fingerprint density at radius 2 is 1.96 bits per heavy atom. The first-order valence-electron chi connectivity index (χ1n) is 8.58. The van der Waals surface area contributed by atoms with Gasteiger partial charge in [-0.25, -0.2) is 14.9 Å². The van der Waals surface area contributed by atoms with Crippen molar-refractivity contribution in [3.63, 3.8) is 0 Å². The summed E-state index contributed by atoms with van der Waals surface area (Å²) in [6.45, 7) is 1.90. The minimum atomic E-state index is -0.529. The second-order valence-electron chi connectivity index (χ2n) is 6.30. The molecule has 0 aliphatic carbocycles. The maximum atomic E-state index is 12.9. The number of halogens is 1. The Labute approximate surface area is 179 Å². The third-order valence-corrected chi connectivity index (χ3v) is 6.48. The quantitative estimate of drug-likeness (QED) is 0.304. The first-order chi connectivity index (χ1) is 13.5. The van der Waals surface area contributed by atoms with Crippen LogP contribution < -0.4 is 9.64 Å². The maximum Gasteiger partial charge on any atom is 0.247 e. The molecule has 2 heterocycles. The summed E-state index contributed by atoms with van der Waals surface area (Å²) in [7, 11) is 1.62. The lowest BCUT2D eigenvalue weighted by atomic mass is 10.2. The minimum Gasteiger partial charge on any atom is -0.497 e. The van der Waals surface area contributed by atoms with Crippen molar-refractivity contribution < 1.29 is 14.3 Å². The Morgan fingerprint density at radius 3 is 2.71 bits per heavy atom. The summed E-state index contributed by atoms with van der Waals surface area (Å²) in [6, 6.07) is 13.0. The van der Waals surface area contributed by atoms with Crippen molar-refractivity contribution in [3.8, 4) is 5.75 Å². The molecule has 0 spiro atoms. The summed E-state index contributed by atoms with van der Waals surface area (Å²) in [5.41, 5.74) is 2.21. The van der Waals surface area contributed by atoms with E-state index >= 15 is 0 Å². The monoisotopic (exact) mass is 505 g/mol. The van der Waals surface area contributed by atoms with Gasteiger partial charge in [0, 0.05) is 21.1 Å². The number of thioether (sulfide) groups is 1. The molecule has 142 valence electrons. The van der Waals surface area contributed by atoms with Crippen LogP contribution in [0.15, 0.2) is 47.6 Å². The number of para-hydroxylation sites is 1. The van der Waals surface area contributed by atoms with Crippen molar-refractivity contribution in [1.82, 2.24) is 9.97 Å². The number of amides is 2. The predicted octanol–water partition coefficient (Wildman–Crippen LogP) is 3.98. The number of carbonyl (C=O) groups is 2. The molecule has 2 amide bonds. The fourth-order valence-corrected chi connectivity index (χ4v) is 4.78. The first kappa shape index (κ1) is 19.1. The highest BCUT2D eigenvalue weighted by atomic mass is 127. The average molecular weight is 505 g/mol.